The van der Waals surface area contributed by atoms with E-state index >= 15 is 0 Å². The van der Waals surface area contributed by atoms with Gasteiger partial charge in [0.15, 0.2) is 0 Å². The molecule has 1 nitrogen and oxygen atoms in total. The van der Waals surface area contributed by atoms with Crippen LogP contribution in [0, 0.1) is 0 Å². The molecule has 0 spiro atoms. The van der Waals surface area contributed by atoms with Crippen molar-refractivity contribution in [3.8, 4) is 33.4 Å². The molecule has 57 heavy (non-hydrogen) atoms. The van der Waals surface area contributed by atoms with Crippen molar-refractivity contribution >= 4 is 17.1 Å². The van der Waals surface area contributed by atoms with Gasteiger partial charge in [-0.2, -0.15) is 0 Å². The SMILES string of the molecule is CC(C)(C)c1ccc(N(c2cccc(C3(c4ccccc4)c4ccccc4-c4ccccc43)c2)c2ccc3c(c2)C(C)(C)c2ccc(-c4ccccc4)cc2-3)cc1. The predicted octanol–water partition coefficient (Wildman–Crippen LogP) is 14.8. The standard InChI is InChI=1S/C56H47N/c1-54(2,3)40-28-30-43(31-29-40)57(45-32-33-48-49-35-39(38-17-8-6-9-18-38)27-34-50(49)55(4,5)53(48)37-45)44-22-16-21-42(36-44)56(41-19-10-7-11-20-41)51-25-14-12-23-46(51)47-24-13-15-26-52(47)56/h6-37H,1-5H3. The lowest BCUT2D eigenvalue weighted by Crippen LogP contribution is -2.28. The van der Waals surface area contributed by atoms with Crippen LogP contribution in [-0.2, 0) is 16.2 Å². The molecule has 8 aromatic rings. The third-order valence-corrected chi connectivity index (χ3v) is 12.7. The van der Waals surface area contributed by atoms with Crippen molar-refractivity contribution in [3.05, 3.63) is 233 Å². The van der Waals surface area contributed by atoms with Crippen molar-refractivity contribution in [1.29, 1.82) is 0 Å². The summed E-state index contributed by atoms with van der Waals surface area (Å²) in [7, 11) is 0. The minimum atomic E-state index is -0.482. The second kappa shape index (κ2) is 13.1. The zero-order valence-corrected chi connectivity index (χ0v) is 33.4. The van der Waals surface area contributed by atoms with Crippen molar-refractivity contribution in [2.24, 2.45) is 0 Å². The van der Waals surface area contributed by atoms with E-state index in [9.17, 15) is 0 Å². The zero-order chi connectivity index (χ0) is 38.9. The summed E-state index contributed by atoms with van der Waals surface area (Å²) >= 11 is 0. The minimum Gasteiger partial charge on any atom is -0.310 e. The van der Waals surface area contributed by atoms with Crippen LogP contribution in [0.4, 0.5) is 17.1 Å². The Morgan fingerprint density at radius 2 is 0.930 bits per heavy atom. The molecular formula is C56H47N. The fourth-order valence-electron chi connectivity index (χ4n) is 9.84. The number of anilines is 3. The summed E-state index contributed by atoms with van der Waals surface area (Å²) in [6.07, 6.45) is 0. The number of hydrogen-bond donors (Lipinski definition) is 0. The highest BCUT2D eigenvalue weighted by molar-refractivity contribution is 5.89. The van der Waals surface area contributed by atoms with E-state index in [2.05, 4.69) is 234 Å². The first-order valence-electron chi connectivity index (χ1n) is 20.3. The zero-order valence-electron chi connectivity index (χ0n) is 33.4. The maximum Gasteiger partial charge on any atom is 0.0714 e. The highest BCUT2D eigenvalue weighted by atomic mass is 15.1. The molecular weight excluding hydrogens is 687 g/mol. The van der Waals surface area contributed by atoms with Crippen LogP contribution in [0.5, 0.6) is 0 Å². The summed E-state index contributed by atoms with van der Waals surface area (Å²) in [5.41, 5.74) is 19.8. The molecule has 276 valence electrons. The first-order valence-corrected chi connectivity index (χ1v) is 20.3. The fraction of sp³-hybridized carbons (Fsp3) is 0.143. The monoisotopic (exact) mass is 733 g/mol. The Labute approximate surface area is 337 Å². The summed E-state index contributed by atoms with van der Waals surface area (Å²) in [6.45, 7) is 11.6. The number of hydrogen-bond acceptors (Lipinski definition) is 1. The molecule has 0 saturated heterocycles. The van der Waals surface area contributed by atoms with Crippen molar-refractivity contribution in [2.45, 2.75) is 50.9 Å². The molecule has 0 aliphatic heterocycles. The largest absolute Gasteiger partial charge is 0.310 e. The molecule has 0 fully saturated rings. The van der Waals surface area contributed by atoms with Gasteiger partial charge in [-0.1, -0.05) is 186 Å². The number of rotatable bonds is 6. The van der Waals surface area contributed by atoms with E-state index in [1.54, 1.807) is 0 Å². The fourth-order valence-corrected chi connectivity index (χ4v) is 9.84. The normalized spacial score (nSPS) is 14.3. The predicted molar refractivity (Wildman–Crippen MR) is 240 cm³/mol. The van der Waals surface area contributed by atoms with E-state index in [0.717, 1.165) is 17.1 Å². The summed E-state index contributed by atoms with van der Waals surface area (Å²) in [5, 5.41) is 0. The van der Waals surface area contributed by atoms with E-state index in [1.165, 1.54) is 72.3 Å². The van der Waals surface area contributed by atoms with Crippen LogP contribution >= 0.6 is 0 Å². The molecule has 2 aliphatic rings. The molecule has 0 N–H and O–H groups in total. The molecule has 0 bridgehead atoms. The van der Waals surface area contributed by atoms with Gasteiger partial charge < -0.3 is 4.90 Å². The lowest BCUT2D eigenvalue weighted by atomic mass is 9.67. The number of benzene rings is 8. The van der Waals surface area contributed by atoms with Gasteiger partial charge in [-0.25, -0.2) is 0 Å². The summed E-state index contributed by atoms with van der Waals surface area (Å²) < 4.78 is 0. The number of fused-ring (bicyclic) bond motifs is 6. The Morgan fingerprint density at radius 3 is 1.60 bits per heavy atom. The summed E-state index contributed by atoms with van der Waals surface area (Å²) in [6, 6.07) is 72.5. The second-order valence-electron chi connectivity index (χ2n) is 17.4. The Balaban J connectivity index is 1.17. The molecule has 0 atom stereocenters. The Bertz CT molecular complexity index is 2740. The van der Waals surface area contributed by atoms with Gasteiger partial charge in [0.2, 0.25) is 0 Å². The van der Waals surface area contributed by atoms with Crippen LogP contribution in [0.15, 0.2) is 194 Å². The van der Waals surface area contributed by atoms with E-state index in [0.29, 0.717) is 0 Å². The topological polar surface area (TPSA) is 3.24 Å². The van der Waals surface area contributed by atoms with Crippen molar-refractivity contribution in [3.63, 3.8) is 0 Å². The first-order chi connectivity index (χ1) is 27.7. The maximum absolute atomic E-state index is 2.47. The Hall–Kier alpha value is -6.44. The molecule has 0 aromatic heterocycles. The number of nitrogens with zero attached hydrogens (tertiary/aromatic N) is 1. The van der Waals surface area contributed by atoms with Crippen LogP contribution in [0.1, 0.15) is 73.6 Å². The molecule has 0 saturated carbocycles. The van der Waals surface area contributed by atoms with Gasteiger partial charge in [0.05, 0.1) is 5.41 Å². The van der Waals surface area contributed by atoms with Gasteiger partial charge in [0.25, 0.3) is 0 Å². The smallest absolute Gasteiger partial charge is 0.0714 e. The lowest BCUT2D eigenvalue weighted by molar-refractivity contribution is 0.590. The van der Waals surface area contributed by atoms with Crippen molar-refractivity contribution in [2.75, 3.05) is 4.90 Å². The van der Waals surface area contributed by atoms with E-state index < -0.39 is 5.41 Å². The molecule has 0 unspecified atom stereocenters. The van der Waals surface area contributed by atoms with Crippen LogP contribution < -0.4 is 4.90 Å². The lowest BCUT2D eigenvalue weighted by Gasteiger charge is -2.35. The van der Waals surface area contributed by atoms with Gasteiger partial charge in [-0.3, -0.25) is 0 Å². The highest BCUT2D eigenvalue weighted by Gasteiger charge is 2.46. The summed E-state index contributed by atoms with van der Waals surface area (Å²) in [4.78, 5) is 2.47. The van der Waals surface area contributed by atoms with Crippen LogP contribution in [0.25, 0.3) is 33.4 Å². The van der Waals surface area contributed by atoms with Gasteiger partial charge in [0, 0.05) is 22.5 Å². The van der Waals surface area contributed by atoms with Crippen LogP contribution in [0.2, 0.25) is 0 Å². The molecule has 0 radical (unpaired) electrons. The molecule has 10 rings (SSSR count). The average molecular weight is 734 g/mol. The molecule has 2 aliphatic carbocycles. The van der Waals surface area contributed by atoms with Crippen LogP contribution in [-0.4, -0.2) is 0 Å². The van der Waals surface area contributed by atoms with Crippen molar-refractivity contribution < 1.29 is 0 Å². The van der Waals surface area contributed by atoms with Gasteiger partial charge in [-0.15, -0.1) is 0 Å². The van der Waals surface area contributed by atoms with Gasteiger partial charge in [0.1, 0.15) is 0 Å². The molecule has 0 heterocycles. The summed E-state index contributed by atoms with van der Waals surface area (Å²) in [5.74, 6) is 0. The maximum atomic E-state index is 2.47. The first kappa shape index (κ1) is 35.0. The Morgan fingerprint density at radius 1 is 0.368 bits per heavy atom. The third-order valence-electron chi connectivity index (χ3n) is 12.7. The molecule has 1 heteroatoms. The van der Waals surface area contributed by atoms with E-state index in [1.807, 2.05) is 0 Å². The van der Waals surface area contributed by atoms with Crippen LogP contribution in [0.3, 0.4) is 0 Å². The van der Waals surface area contributed by atoms with Gasteiger partial charge in [-0.05, 0) is 120 Å². The van der Waals surface area contributed by atoms with E-state index in [-0.39, 0.29) is 10.8 Å². The highest BCUT2D eigenvalue weighted by Crippen LogP contribution is 2.57. The van der Waals surface area contributed by atoms with Gasteiger partial charge >= 0.3 is 0 Å². The quantitative estimate of drug-likeness (QED) is 0.164. The third kappa shape index (κ3) is 5.44. The molecule has 0 amide bonds. The minimum absolute atomic E-state index is 0.0522. The Kier molecular flexibility index (Phi) is 8.03. The molecule has 8 aromatic carbocycles. The average Bonchev–Trinajstić information content (AvgIpc) is 3.67. The van der Waals surface area contributed by atoms with E-state index in [4.69, 9.17) is 0 Å². The van der Waals surface area contributed by atoms with Crippen molar-refractivity contribution in [1.82, 2.24) is 0 Å². The second-order valence-corrected chi connectivity index (χ2v) is 17.4.